The smallest absolute Gasteiger partial charge is 0.00702 e. The first-order valence-electron chi connectivity index (χ1n) is 7.41. The van der Waals surface area contributed by atoms with E-state index in [0.29, 0.717) is 5.41 Å². The van der Waals surface area contributed by atoms with Gasteiger partial charge in [-0.15, -0.1) is 0 Å². The SMILES string of the molecule is CCCC(CS)(CCC)CN1CC(C)CC1C. The molecule has 17 heavy (non-hydrogen) atoms. The van der Waals surface area contributed by atoms with Crippen LogP contribution in [0.3, 0.4) is 0 Å². The molecule has 0 aromatic rings. The van der Waals surface area contributed by atoms with Gasteiger partial charge in [-0.25, -0.2) is 0 Å². The van der Waals surface area contributed by atoms with Crippen LogP contribution in [0, 0.1) is 11.3 Å². The van der Waals surface area contributed by atoms with Crippen LogP contribution in [0.2, 0.25) is 0 Å². The molecule has 0 aromatic heterocycles. The highest BCUT2D eigenvalue weighted by molar-refractivity contribution is 7.80. The standard InChI is InChI=1S/C15H31NS/c1-5-7-15(12-17,8-6-2)11-16-10-13(3)9-14(16)4/h13-14,17H,5-12H2,1-4H3. The van der Waals surface area contributed by atoms with E-state index < -0.39 is 0 Å². The lowest BCUT2D eigenvalue weighted by Crippen LogP contribution is -2.41. The maximum absolute atomic E-state index is 4.67. The van der Waals surface area contributed by atoms with Gasteiger partial charge in [0, 0.05) is 19.1 Å². The van der Waals surface area contributed by atoms with Crippen LogP contribution >= 0.6 is 12.6 Å². The van der Waals surface area contributed by atoms with Gasteiger partial charge in [0.25, 0.3) is 0 Å². The van der Waals surface area contributed by atoms with Crippen molar-refractivity contribution in [1.82, 2.24) is 4.90 Å². The van der Waals surface area contributed by atoms with E-state index in [9.17, 15) is 0 Å². The largest absolute Gasteiger partial charge is 0.300 e. The molecular weight excluding hydrogens is 226 g/mol. The third kappa shape index (κ3) is 4.17. The van der Waals surface area contributed by atoms with E-state index in [1.54, 1.807) is 0 Å². The lowest BCUT2D eigenvalue weighted by atomic mass is 9.80. The zero-order valence-electron chi connectivity index (χ0n) is 12.2. The summed E-state index contributed by atoms with van der Waals surface area (Å²) < 4.78 is 0. The second-order valence-electron chi connectivity index (χ2n) is 6.28. The molecule has 2 heteroatoms. The molecule has 2 unspecified atom stereocenters. The van der Waals surface area contributed by atoms with Gasteiger partial charge in [-0.05, 0) is 43.3 Å². The molecule has 2 atom stereocenters. The number of hydrogen-bond donors (Lipinski definition) is 1. The topological polar surface area (TPSA) is 3.24 Å². The van der Waals surface area contributed by atoms with Gasteiger partial charge < -0.3 is 0 Å². The highest BCUT2D eigenvalue weighted by Gasteiger charge is 2.34. The summed E-state index contributed by atoms with van der Waals surface area (Å²) in [6, 6.07) is 0.776. The van der Waals surface area contributed by atoms with Gasteiger partial charge in [0.1, 0.15) is 0 Å². The molecule has 1 heterocycles. The first kappa shape index (κ1) is 15.4. The molecule has 0 aliphatic carbocycles. The first-order chi connectivity index (χ1) is 8.06. The van der Waals surface area contributed by atoms with Crippen LogP contribution in [-0.4, -0.2) is 29.8 Å². The highest BCUT2D eigenvalue weighted by Crippen LogP contribution is 2.35. The average Bonchev–Trinajstić information content (AvgIpc) is 2.58. The van der Waals surface area contributed by atoms with Crippen molar-refractivity contribution in [2.75, 3.05) is 18.8 Å². The minimum atomic E-state index is 0.463. The van der Waals surface area contributed by atoms with Crippen molar-refractivity contribution in [3.8, 4) is 0 Å². The van der Waals surface area contributed by atoms with Gasteiger partial charge >= 0.3 is 0 Å². The van der Waals surface area contributed by atoms with Crippen molar-refractivity contribution >= 4 is 12.6 Å². The van der Waals surface area contributed by atoms with Gasteiger partial charge in [-0.1, -0.05) is 33.6 Å². The maximum atomic E-state index is 4.67. The Bertz CT molecular complexity index is 211. The number of rotatable bonds is 7. The monoisotopic (exact) mass is 257 g/mol. The quantitative estimate of drug-likeness (QED) is 0.668. The van der Waals surface area contributed by atoms with E-state index in [4.69, 9.17) is 0 Å². The fraction of sp³-hybridized carbons (Fsp3) is 1.00. The van der Waals surface area contributed by atoms with Crippen LogP contribution in [0.5, 0.6) is 0 Å². The first-order valence-corrected chi connectivity index (χ1v) is 8.05. The Labute approximate surface area is 114 Å². The van der Waals surface area contributed by atoms with Crippen LogP contribution in [0.1, 0.15) is 59.8 Å². The molecule has 1 saturated heterocycles. The van der Waals surface area contributed by atoms with Crippen molar-refractivity contribution < 1.29 is 0 Å². The van der Waals surface area contributed by atoms with Gasteiger partial charge in [0.15, 0.2) is 0 Å². The van der Waals surface area contributed by atoms with Gasteiger partial charge in [-0.2, -0.15) is 12.6 Å². The summed E-state index contributed by atoms with van der Waals surface area (Å²) in [6.45, 7) is 12.0. The van der Waals surface area contributed by atoms with Crippen LogP contribution in [0.4, 0.5) is 0 Å². The van der Waals surface area contributed by atoms with Crippen molar-refractivity contribution in [2.45, 2.75) is 65.8 Å². The summed E-state index contributed by atoms with van der Waals surface area (Å²) in [5, 5.41) is 0. The fourth-order valence-electron chi connectivity index (χ4n) is 3.59. The summed E-state index contributed by atoms with van der Waals surface area (Å²) in [6.07, 6.45) is 6.63. The summed E-state index contributed by atoms with van der Waals surface area (Å²) in [5.74, 6) is 1.93. The number of hydrogen-bond acceptors (Lipinski definition) is 2. The Hall–Kier alpha value is 0.310. The average molecular weight is 257 g/mol. The second-order valence-corrected chi connectivity index (χ2v) is 6.59. The van der Waals surface area contributed by atoms with Crippen LogP contribution in [0.15, 0.2) is 0 Å². The molecule has 102 valence electrons. The minimum absolute atomic E-state index is 0.463. The lowest BCUT2D eigenvalue weighted by molar-refractivity contribution is 0.140. The molecular formula is C15H31NS. The van der Waals surface area contributed by atoms with Gasteiger partial charge in [0.05, 0.1) is 0 Å². The minimum Gasteiger partial charge on any atom is -0.300 e. The molecule has 0 N–H and O–H groups in total. The van der Waals surface area contributed by atoms with E-state index in [0.717, 1.165) is 17.7 Å². The zero-order chi connectivity index (χ0) is 12.9. The molecule has 1 rings (SSSR count). The Balaban J connectivity index is 2.64. The molecule has 1 nitrogen and oxygen atoms in total. The second kappa shape index (κ2) is 7.04. The summed E-state index contributed by atoms with van der Waals surface area (Å²) in [7, 11) is 0. The van der Waals surface area contributed by atoms with E-state index in [1.165, 1.54) is 45.2 Å². The molecule has 1 aliphatic heterocycles. The zero-order valence-corrected chi connectivity index (χ0v) is 13.1. The molecule has 1 aliphatic rings. The van der Waals surface area contributed by atoms with Gasteiger partial charge in [0.2, 0.25) is 0 Å². The predicted molar refractivity (Wildman–Crippen MR) is 80.9 cm³/mol. The van der Waals surface area contributed by atoms with Crippen LogP contribution < -0.4 is 0 Å². The molecule has 0 amide bonds. The number of likely N-dealkylation sites (tertiary alicyclic amines) is 1. The molecule has 0 aromatic carbocycles. The maximum Gasteiger partial charge on any atom is 0.00702 e. The van der Waals surface area contributed by atoms with Crippen molar-refractivity contribution in [3.05, 3.63) is 0 Å². The van der Waals surface area contributed by atoms with Crippen molar-refractivity contribution in [2.24, 2.45) is 11.3 Å². The van der Waals surface area contributed by atoms with Gasteiger partial charge in [-0.3, -0.25) is 4.90 Å². The van der Waals surface area contributed by atoms with E-state index in [2.05, 4.69) is 45.2 Å². The van der Waals surface area contributed by atoms with Crippen LogP contribution in [-0.2, 0) is 0 Å². The van der Waals surface area contributed by atoms with E-state index in [1.807, 2.05) is 0 Å². The number of thiol groups is 1. The molecule has 0 spiro atoms. The molecule has 0 radical (unpaired) electrons. The predicted octanol–water partition coefficient (Wildman–Crippen LogP) is 4.23. The van der Waals surface area contributed by atoms with Crippen molar-refractivity contribution in [1.29, 1.82) is 0 Å². The molecule has 0 saturated carbocycles. The Morgan fingerprint density at radius 1 is 1.18 bits per heavy atom. The Kier molecular flexibility index (Phi) is 6.36. The Morgan fingerprint density at radius 2 is 1.76 bits per heavy atom. The fourth-order valence-corrected chi connectivity index (χ4v) is 4.01. The van der Waals surface area contributed by atoms with E-state index >= 15 is 0 Å². The third-order valence-corrected chi connectivity index (χ3v) is 5.02. The summed E-state index contributed by atoms with van der Waals surface area (Å²) >= 11 is 4.67. The van der Waals surface area contributed by atoms with Crippen LogP contribution in [0.25, 0.3) is 0 Å². The normalized spacial score (nSPS) is 26.6. The summed E-state index contributed by atoms with van der Waals surface area (Å²) in [4.78, 5) is 2.71. The molecule has 1 fully saturated rings. The number of nitrogens with zero attached hydrogens (tertiary/aromatic N) is 1. The van der Waals surface area contributed by atoms with E-state index in [-0.39, 0.29) is 0 Å². The third-order valence-electron chi connectivity index (χ3n) is 4.35. The lowest BCUT2D eigenvalue weighted by Gasteiger charge is -2.37. The van der Waals surface area contributed by atoms with Crippen molar-refractivity contribution in [3.63, 3.8) is 0 Å². The summed E-state index contributed by atoms with van der Waals surface area (Å²) in [5.41, 5.74) is 0.463. The highest BCUT2D eigenvalue weighted by atomic mass is 32.1. The Morgan fingerprint density at radius 3 is 2.12 bits per heavy atom. The molecule has 0 bridgehead atoms.